The molecule has 0 aromatic rings. The SMILES string of the molecule is CC1CCCN(C(=O)CNCC2CC2)CC1.Cl. The van der Waals surface area contributed by atoms with Crippen molar-refractivity contribution in [3.8, 4) is 0 Å². The highest BCUT2D eigenvalue weighted by Crippen LogP contribution is 2.27. The van der Waals surface area contributed by atoms with E-state index in [0.29, 0.717) is 12.5 Å². The fraction of sp³-hybridized carbons (Fsp3) is 0.923. The molecule has 1 atom stereocenters. The van der Waals surface area contributed by atoms with Crippen molar-refractivity contribution in [1.29, 1.82) is 0 Å². The maximum absolute atomic E-state index is 11.9. The van der Waals surface area contributed by atoms with Crippen LogP contribution in [0.5, 0.6) is 0 Å². The molecule has 1 amide bonds. The van der Waals surface area contributed by atoms with Crippen LogP contribution in [0.15, 0.2) is 0 Å². The highest BCUT2D eigenvalue weighted by molar-refractivity contribution is 5.85. The molecule has 0 bridgehead atoms. The summed E-state index contributed by atoms with van der Waals surface area (Å²) < 4.78 is 0. The minimum Gasteiger partial charge on any atom is -0.342 e. The fourth-order valence-corrected chi connectivity index (χ4v) is 2.33. The Morgan fingerprint density at radius 2 is 2.00 bits per heavy atom. The van der Waals surface area contributed by atoms with E-state index in [2.05, 4.69) is 12.2 Å². The van der Waals surface area contributed by atoms with Crippen LogP contribution in [0.3, 0.4) is 0 Å². The summed E-state index contributed by atoms with van der Waals surface area (Å²) in [6.45, 7) is 5.81. The van der Waals surface area contributed by atoms with Crippen molar-refractivity contribution in [2.45, 2.75) is 39.0 Å². The molecule has 0 aromatic heterocycles. The van der Waals surface area contributed by atoms with E-state index in [0.717, 1.165) is 31.5 Å². The normalized spacial score (nSPS) is 25.0. The van der Waals surface area contributed by atoms with Crippen molar-refractivity contribution in [3.05, 3.63) is 0 Å². The highest BCUT2D eigenvalue weighted by Gasteiger charge is 2.22. The summed E-state index contributed by atoms with van der Waals surface area (Å²) in [5.41, 5.74) is 0. The molecule has 2 aliphatic rings. The van der Waals surface area contributed by atoms with E-state index in [9.17, 15) is 4.79 Å². The Kier molecular flexibility index (Phi) is 6.28. The summed E-state index contributed by atoms with van der Waals surface area (Å²) in [6.07, 6.45) is 6.33. The predicted octanol–water partition coefficient (Wildman–Crippen LogP) is 2.06. The zero-order valence-corrected chi connectivity index (χ0v) is 11.6. The molecular weight excluding hydrogens is 236 g/mol. The second-order valence-corrected chi connectivity index (χ2v) is 5.49. The standard InChI is InChI=1S/C13H24N2O.ClH/c1-11-3-2-7-15(8-6-11)13(16)10-14-9-12-4-5-12;/h11-12,14H,2-10H2,1H3;1H. The molecule has 2 fully saturated rings. The van der Waals surface area contributed by atoms with Gasteiger partial charge in [-0.3, -0.25) is 4.79 Å². The van der Waals surface area contributed by atoms with Crippen LogP contribution in [0.1, 0.15) is 39.0 Å². The first-order valence-electron chi connectivity index (χ1n) is 6.74. The van der Waals surface area contributed by atoms with Gasteiger partial charge in [-0.15, -0.1) is 12.4 Å². The first-order chi connectivity index (χ1) is 7.75. The molecule has 1 N–H and O–H groups in total. The van der Waals surface area contributed by atoms with Crippen LogP contribution in [-0.2, 0) is 4.79 Å². The second-order valence-electron chi connectivity index (χ2n) is 5.49. The Labute approximate surface area is 111 Å². The molecule has 1 heterocycles. The summed E-state index contributed by atoms with van der Waals surface area (Å²) in [5.74, 6) is 1.95. The minimum atomic E-state index is 0. The first-order valence-corrected chi connectivity index (χ1v) is 6.74. The lowest BCUT2D eigenvalue weighted by Gasteiger charge is -2.20. The molecule has 3 nitrogen and oxygen atoms in total. The molecule has 100 valence electrons. The number of rotatable bonds is 4. The lowest BCUT2D eigenvalue weighted by atomic mass is 10.0. The van der Waals surface area contributed by atoms with Gasteiger partial charge in [-0.2, -0.15) is 0 Å². The zero-order valence-electron chi connectivity index (χ0n) is 10.8. The molecule has 1 saturated carbocycles. The Morgan fingerprint density at radius 3 is 2.71 bits per heavy atom. The van der Waals surface area contributed by atoms with Crippen LogP contribution >= 0.6 is 12.4 Å². The van der Waals surface area contributed by atoms with Crippen LogP contribution in [0.2, 0.25) is 0 Å². The number of nitrogens with one attached hydrogen (secondary N) is 1. The topological polar surface area (TPSA) is 32.3 Å². The van der Waals surface area contributed by atoms with Gasteiger partial charge >= 0.3 is 0 Å². The number of amides is 1. The third-order valence-corrected chi connectivity index (χ3v) is 3.78. The van der Waals surface area contributed by atoms with E-state index in [1.165, 1.54) is 32.1 Å². The minimum absolute atomic E-state index is 0. The molecule has 1 unspecified atom stereocenters. The average Bonchev–Trinajstić information content (AvgIpc) is 3.06. The van der Waals surface area contributed by atoms with Gasteiger partial charge in [0.25, 0.3) is 0 Å². The summed E-state index contributed by atoms with van der Waals surface area (Å²) in [5, 5.41) is 3.28. The number of nitrogens with zero attached hydrogens (tertiary/aromatic N) is 1. The van der Waals surface area contributed by atoms with Gasteiger partial charge in [-0.25, -0.2) is 0 Å². The van der Waals surface area contributed by atoms with Crippen molar-refractivity contribution >= 4 is 18.3 Å². The first kappa shape index (κ1) is 14.8. The molecule has 1 aliphatic carbocycles. The van der Waals surface area contributed by atoms with E-state index >= 15 is 0 Å². The van der Waals surface area contributed by atoms with Crippen LogP contribution in [0.25, 0.3) is 0 Å². The summed E-state index contributed by atoms with van der Waals surface area (Å²) >= 11 is 0. The van der Waals surface area contributed by atoms with E-state index in [1.54, 1.807) is 0 Å². The number of likely N-dealkylation sites (tertiary alicyclic amines) is 1. The summed E-state index contributed by atoms with van der Waals surface area (Å²) in [7, 11) is 0. The second kappa shape index (κ2) is 7.22. The molecular formula is C13H25ClN2O. The molecule has 2 rings (SSSR count). The number of hydrogen-bond donors (Lipinski definition) is 1. The van der Waals surface area contributed by atoms with E-state index < -0.39 is 0 Å². The number of hydrogen-bond acceptors (Lipinski definition) is 2. The van der Waals surface area contributed by atoms with Crippen LogP contribution < -0.4 is 5.32 Å². The summed E-state index contributed by atoms with van der Waals surface area (Å²) in [6, 6.07) is 0. The van der Waals surface area contributed by atoms with Gasteiger partial charge in [-0.05, 0) is 50.5 Å². The number of carbonyl (C=O) groups excluding carboxylic acids is 1. The Morgan fingerprint density at radius 1 is 1.24 bits per heavy atom. The van der Waals surface area contributed by atoms with Crippen molar-refractivity contribution in [2.24, 2.45) is 11.8 Å². The molecule has 0 aromatic carbocycles. The quantitative estimate of drug-likeness (QED) is 0.839. The number of carbonyl (C=O) groups is 1. The lowest BCUT2D eigenvalue weighted by Crippen LogP contribution is -2.39. The fourth-order valence-electron chi connectivity index (χ4n) is 2.33. The van der Waals surface area contributed by atoms with Crippen molar-refractivity contribution < 1.29 is 4.79 Å². The molecule has 1 saturated heterocycles. The van der Waals surface area contributed by atoms with Crippen molar-refractivity contribution in [1.82, 2.24) is 10.2 Å². The molecule has 4 heteroatoms. The van der Waals surface area contributed by atoms with Gasteiger partial charge in [0.1, 0.15) is 0 Å². The van der Waals surface area contributed by atoms with Gasteiger partial charge in [0, 0.05) is 13.1 Å². The van der Waals surface area contributed by atoms with Gasteiger partial charge < -0.3 is 10.2 Å². The maximum Gasteiger partial charge on any atom is 0.236 e. The van der Waals surface area contributed by atoms with Crippen LogP contribution in [0.4, 0.5) is 0 Å². The molecule has 17 heavy (non-hydrogen) atoms. The lowest BCUT2D eigenvalue weighted by molar-refractivity contribution is -0.130. The van der Waals surface area contributed by atoms with Crippen LogP contribution in [0, 0.1) is 11.8 Å². The smallest absolute Gasteiger partial charge is 0.236 e. The van der Waals surface area contributed by atoms with E-state index in [1.807, 2.05) is 4.90 Å². The highest BCUT2D eigenvalue weighted by atomic mass is 35.5. The van der Waals surface area contributed by atoms with Crippen LogP contribution in [-0.4, -0.2) is 37.0 Å². The van der Waals surface area contributed by atoms with Gasteiger partial charge in [0.2, 0.25) is 5.91 Å². The molecule has 0 spiro atoms. The molecule has 1 aliphatic heterocycles. The average molecular weight is 261 g/mol. The largest absolute Gasteiger partial charge is 0.342 e. The Balaban J connectivity index is 0.00000144. The summed E-state index contributed by atoms with van der Waals surface area (Å²) in [4.78, 5) is 14.0. The third kappa shape index (κ3) is 5.26. The maximum atomic E-state index is 11.9. The zero-order chi connectivity index (χ0) is 11.4. The molecule has 0 radical (unpaired) electrons. The third-order valence-electron chi connectivity index (χ3n) is 3.78. The van der Waals surface area contributed by atoms with Gasteiger partial charge in [0.15, 0.2) is 0 Å². The van der Waals surface area contributed by atoms with E-state index in [4.69, 9.17) is 0 Å². The number of halogens is 1. The van der Waals surface area contributed by atoms with Gasteiger partial charge in [-0.1, -0.05) is 6.92 Å². The Bertz CT molecular complexity index is 244. The van der Waals surface area contributed by atoms with Crippen molar-refractivity contribution in [3.63, 3.8) is 0 Å². The predicted molar refractivity (Wildman–Crippen MR) is 72.4 cm³/mol. The van der Waals surface area contributed by atoms with Crippen molar-refractivity contribution in [2.75, 3.05) is 26.2 Å². The van der Waals surface area contributed by atoms with E-state index in [-0.39, 0.29) is 12.4 Å². The monoisotopic (exact) mass is 260 g/mol. The van der Waals surface area contributed by atoms with Gasteiger partial charge in [0.05, 0.1) is 6.54 Å². The Hall–Kier alpha value is -0.280.